The molecule has 0 aliphatic carbocycles. The second kappa shape index (κ2) is 4.17. The number of hydrogen-bond donors (Lipinski definition) is 3. The fourth-order valence-corrected chi connectivity index (χ4v) is 1.41. The van der Waals surface area contributed by atoms with Crippen molar-refractivity contribution < 1.29 is 14.3 Å². The fraction of sp³-hybridized carbons (Fsp3) is 0.500. The third-order valence-corrected chi connectivity index (χ3v) is 2.20. The van der Waals surface area contributed by atoms with Crippen molar-refractivity contribution in [3.63, 3.8) is 0 Å². The number of nitrogens with zero attached hydrogens (tertiary/aromatic N) is 2. The van der Waals surface area contributed by atoms with Crippen molar-refractivity contribution in [1.82, 2.24) is 20.5 Å². The third-order valence-electron chi connectivity index (χ3n) is 2.20. The zero-order valence-electron chi connectivity index (χ0n) is 8.61. The van der Waals surface area contributed by atoms with Crippen LogP contribution in [0.2, 0.25) is 0 Å². The molecule has 1 aromatic heterocycles. The van der Waals surface area contributed by atoms with E-state index in [9.17, 15) is 9.59 Å². The van der Waals surface area contributed by atoms with Crippen LogP contribution in [-0.2, 0) is 9.59 Å². The number of hydrogen-bond acceptors (Lipinski definition) is 5. The lowest BCUT2D eigenvalue weighted by atomic mass is 10.2. The molecule has 0 spiro atoms. The number of aromatic nitrogens is 3. The van der Waals surface area contributed by atoms with Crippen LogP contribution >= 0.6 is 0 Å². The quantitative estimate of drug-likeness (QED) is 0.613. The summed E-state index contributed by atoms with van der Waals surface area (Å²) >= 11 is 0. The van der Waals surface area contributed by atoms with Gasteiger partial charge in [0.15, 0.2) is 0 Å². The first-order valence-corrected chi connectivity index (χ1v) is 4.75. The maximum atomic E-state index is 11.6. The van der Waals surface area contributed by atoms with Crippen molar-refractivity contribution >= 4 is 17.8 Å². The molecule has 3 N–H and O–H groups in total. The predicted molar refractivity (Wildman–Crippen MR) is 52.7 cm³/mol. The summed E-state index contributed by atoms with van der Waals surface area (Å²) in [6, 6.07) is -0.352. The number of ether oxygens (including phenoxy) is 1. The molecule has 2 rings (SSSR count). The highest BCUT2D eigenvalue weighted by Gasteiger charge is 2.27. The molecule has 0 saturated carbocycles. The number of nitrogens with one attached hydrogen (secondary N) is 3. The van der Waals surface area contributed by atoms with E-state index in [2.05, 4.69) is 25.8 Å². The van der Waals surface area contributed by atoms with Crippen LogP contribution in [0.3, 0.4) is 0 Å². The van der Waals surface area contributed by atoms with Crippen LogP contribution in [0.4, 0.5) is 5.95 Å². The van der Waals surface area contributed by atoms with Crippen molar-refractivity contribution in [2.45, 2.75) is 18.9 Å². The highest BCUT2D eigenvalue weighted by atomic mass is 16.5. The summed E-state index contributed by atoms with van der Waals surface area (Å²) in [5.74, 6) is -0.233. The maximum Gasteiger partial charge on any atom is 0.336 e. The minimum Gasteiger partial charge on any atom is -0.466 e. The molecule has 0 aromatic carbocycles. The normalized spacial score (nSPS) is 19.3. The molecular formula is C8H11N5O3. The summed E-state index contributed by atoms with van der Waals surface area (Å²) in [7, 11) is 1.42. The Labute approximate surface area is 90.8 Å². The van der Waals surface area contributed by atoms with Gasteiger partial charge in [-0.05, 0) is 6.42 Å². The smallest absolute Gasteiger partial charge is 0.336 e. The van der Waals surface area contributed by atoms with Crippen molar-refractivity contribution in [2.75, 3.05) is 12.4 Å². The van der Waals surface area contributed by atoms with E-state index >= 15 is 0 Å². The Hall–Kier alpha value is -2.12. The molecule has 86 valence electrons. The standard InChI is InChI=1S/C8H11N5O3/c1-16-8-11-7(12-13-8)10-6(15)4-2-3-5(14)9-4/h4H,2-3H2,1H3,(H,9,14)(H2,10,11,12,13,15)/t4-/m1/s1. The van der Waals surface area contributed by atoms with Gasteiger partial charge in [-0.3, -0.25) is 14.9 Å². The van der Waals surface area contributed by atoms with Crippen LogP contribution in [0.15, 0.2) is 0 Å². The SMILES string of the molecule is COc1n[nH]c(NC(=O)[C@H]2CCC(=O)N2)n1. The van der Waals surface area contributed by atoms with Gasteiger partial charge >= 0.3 is 6.01 Å². The Bertz CT molecular complexity index is 416. The third kappa shape index (κ3) is 2.10. The van der Waals surface area contributed by atoms with Crippen molar-refractivity contribution in [3.05, 3.63) is 0 Å². The lowest BCUT2D eigenvalue weighted by Crippen LogP contribution is -2.37. The van der Waals surface area contributed by atoms with Gasteiger partial charge in [0.25, 0.3) is 0 Å². The van der Waals surface area contributed by atoms with Crippen LogP contribution in [0.5, 0.6) is 6.01 Å². The van der Waals surface area contributed by atoms with Crippen LogP contribution in [0.1, 0.15) is 12.8 Å². The largest absolute Gasteiger partial charge is 0.466 e. The molecular weight excluding hydrogens is 214 g/mol. The van der Waals surface area contributed by atoms with E-state index in [1.165, 1.54) is 7.11 Å². The molecule has 1 aliphatic heterocycles. The number of carbonyl (C=O) groups is 2. The summed E-state index contributed by atoms with van der Waals surface area (Å²) < 4.78 is 4.74. The Morgan fingerprint density at radius 3 is 3.00 bits per heavy atom. The minimum absolute atomic E-state index is 0.115. The topological polar surface area (TPSA) is 109 Å². The van der Waals surface area contributed by atoms with Crippen LogP contribution in [0.25, 0.3) is 0 Å². The zero-order chi connectivity index (χ0) is 11.5. The van der Waals surface area contributed by atoms with E-state index in [1.807, 2.05) is 0 Å². The van der Waals surface area contributed by atoms with E-state index in [1.54, 1.807) is 0 Å². The van der Waals surface area contributed by atoms with E-state index in [-0.39, 0.29) is 23.8 Å². The first kappa shape index (κ1) is 10.4. The van der Waals surface area contributed by atoms with Crippen molar-refractivity contribution in [2.24, 2.45) is 0 Å². The van der Waals surface area contributed by atoms with Gasteiger partial charge < -0.3 is 10.1 Å². The Morgan fingerprint density at radius 1 is 1.62 bits per heavy atom. The van der Waals surface area contributed by atoms with Gasteiger partial charge in [0.05, 0.1) is 7.11 Å². The maximum absolute atomic E-state index is 11.6. The molecule has 0 radical (unpaired) electrons. The van der Waals surface area contributed by atoms with Crippen molar-refractivity contribution in [1.29, 1.82) is 0 Å². The zero-order valence-corrected chi connectivity index (χ0v) is 8.61. The molecule has 2 heterocycles. The number of aromatic amines is 1. The highest BCUT2D eigenvalue weighted by Crippen LogP contribution is 2.10. The molecule has 0 unspecified atom stereocenters. The predicted octanol–water partition coefficient (Wildman–Crippen LogP) is -0.970. The first-order valence-electron chi connectivity index (χ1n) is 4.75. The number of amides is 2. The Balaban J connectivity index is 1.94. The Morgan fingerprint density at radius 2 is 2.44 bits per heavy atom. The van der Waals surface area contributed by atoms with Crippen molar-refractivity contribution in [3.8, 4) is 6.01 Å². The van der Waals surface area contributed by atoms with Crippen LogP contribution in [-0.4, -0.2) is 40.1 Å². The van der Waals surface area contributed by atoms with Gasteiger partial charge in [0, 0.05) is 6.42 Å². The summed E-state index contributed by atoms with van der Waals surface area (Å²) in [4.78, 5) is 26.3. The molecule has 1 atom stereocenters. The lowest BCUT2D eigenvalue weighted by Gasteiger charge is -2.07. The van der Waals surface area contributed by atoms with Crippen LogP contribution in [0, 0.1) is 0 Å². The number of carbonyl (C=O) groups excluding carboxylic acids is 2. The second-order valence-corrected chi connectivity index (χ2v) is 3.32. The van der Waals surface area contributed by atoms with E-state index < -0.39 is 6.04 Å². The molecule has 8 heteroatoms. The lowest BCUT2D eigenvalue weighted by molar-refractivity contribution is -0.122. The summed E-state index contributed by atoms with van der Waals surface area (Å²) in [6.07, 6.45) is 0.869. The molecule has 8 nitrogen and oxygen atoms in total. The highest BCUT2D eigenvalue weighted by molar-refractivity contribution is 5.97. The molecule has 1 fully saturated rings. The molecule has 1 aliphatic rings. The molecule has 1 aromatic rings. The second-order valence-electron chi connectivity index (χ2n) is 3.32. The van der Waals surface area contributed by atoms with Gasteiger partial charge in [-0.25, -0.2) is 5.10 Å². The fourth-order valence-electron chi connectivity index (χ4n) is 1.41. The summed E-state index contributed by atoms with van der Waals surface area (Å²) in [6.45, 7) is 0. The average molecular weight is 225 g/mol. The number of H-pyrrole nitrogens is 1. The molecule has 16 heavy (non-hydrogen) atoms. The molecule has 2 amide bonds. The van der Waals surface area contributed by atoms with Gasteiger partial charge in [0.2, 0.25) is 17.8 Å². The number of rotatable bonds is 3. The monoisotopic (exact) mass is 225 g/mol. The minimum atomic E-state index is -0.497. The summed E-state index contributed by atoms with van der Waals surface area (Å²) in [5, 5.41) is 11.2. The number of anilines is 1. The van der Waals surface area contributed by atoms with Gasteiger partial charge in [0.1, 0.15) is 6.04 Å². The number of methoxy groups -OCH3 is 1. The van der Waals surface area contributed by atoms with Crippen LogP contribution < -0.4 is 15.4 Å². The Kier molecular flexibility index (Phi) is 2.71. The summed E-state index contributed by atoms with van der Waals surface area (Å²) in [5.41, 5.74) is 0. The van der Waals surface area contributed by atoms with E-state index in [0.717, 1.165) is 0 Å². The van der Waals surface area contributed by atoms with Gasteiger partial charge in [-0.2, -0.15) is 4.98 Å². The average Bonchev–Trinajstić information content (AvgIpc) is 2.87. The molecule has 0 bridgehead atoms. The van der Waals surface area contributed by atoms with Gasteiger partial charge in [-0.15, -0.1) is 5.10 Å². The van der Waals surface area contributed by atoms with Gasteiger partial charge in [-0.1, -0.05) is 0 Å². The van der Waals surface area contributed by atoms with E-state index in [0.29, 0.717) is 12.8 Å². The first-order chi connectivity index (χ1) is 7.69. The molecule has 1 saturated heterocycles. The van der Waals surface area contributed by atoms with E-state index in [4.69, 9.17) is 4.74 Å².